The molecule has 0 saturated heterocycles. The van der Waals surface area contributed by atoms with Crippen molar-refractivity contribution < 1.29 is 9.84 Å². The van der Waals surface area contributed by atoms with Gasteiger partial charge < -0.3 is 19.7 Å². The van der Waals surface area contributed by atoms with Crippen LogP contribution < -0.4 is 4.74 Å². The number of ether oxygens (including phenoxy) is 1. The number of hydrogen-bond donors (Lipinski definition) is 2. The molecule has 1 aromatic carbocycles. The number of nitrogens with one attached hydrogen (secondary N) is 1. The highest BCUT2D eigenvalue weighted by Crippen LogP contribution is 2.40. The van der Waals surface area contributed by atoms with Crippen molar-refractivity contribution in [2.75, 3.05) is 27.2 Å². The number of benzene rings is 1. The van der Waals surface area contributed by atoms with Crippen LogP contribution in [-0.4, -0.2) is 52.2 Å². The Balaban J connectivity index is 1.70. The topological polar surface area (TPSA) is 74.3 Å². The van der Waals surface area contributed by atoms with Gasteiger partial charge in [-0.05, 0) is 20.2 Å². The molecule has 3 aromatic heterocycles. The van der Waals surface area contributed by atoms with Crippen molar-refractivity contribution in [2.24, 2.45) is 0 Å². The zero-order valence-corrected chi connectivity index (χ0v) is 14.8. The van der Waals surface area contributed by atoms with E-state index < -0.39 is 0 Å². The van der Waals surface area contributed by atoms with E-state index in [-0.39, 0.29) is 5.88 Å². The van der Waals surface area contributed by atoms with Crippen LogP contribution in [0.4, 0.5) is 0 Å². The minimum Gasteiger partial charge on any atom is -0.494 e. The van der Waals surface area contributed by atoms with Gasteiger partial charge in [-0.1, -0.05) is 18.2 Å². The van der Waals surface area contributed by atoms with E-state index in [0.29, 0.717) is 12.5 Å². The van der Waals surface area contributed by atoms with E-state index in [9.17, 15) is 5.11 Å². The summed E-state index contributed by atoms with van der Waals surface area (Å²) in [7, 11) is 4.01. The first-order chi connectivity index (χ1) is 12.1. The van der Waals surface area contributed by atoms with Gasteiger partial charge in [0.15, 0.2) is 5.88 Å². The van der Waals surface area contributed by atoms with E-state index in [1.807, 2.05) is 44.4 Å². The molecule has 0 atom stereocenters. The lowest BCUT2D eigenvalue weighted by atomic mass is 10.2. The lowest BCUT2D eigenvalue weighted by Crippen LogP contribution is -2.19. The van der Waals surface area contributed by atoms with E-state index in [4.69, 9.17) is 4.74 Å². The van der Waals surface area contributed by atoms with Crippen molar-refractivity contribution in [3.8, 4) is 22.3 Å². The molecule has 0 saturated carbocycles. The summed E-state index contributed by atoms with van der Waals surface area (Å²) in [6.45, 7) is 1.41. The van der Waals surface area contributed by atoms with Crippen LogP contribution in [0.1, 0.15) is 0 Å². The molecule has 0 aliphatic heterocycles. The monoisotopic (exact) mass is 354 g/mol. The third-order valence-corrected chi connectivity index (χ3v) is 4.97. The SMILES string of the molecule is CN(C)CCOc1cc2sc(-c3c(O)[nH]c4ccccc34)nc2cn1. The third kappa shape index (κ3) is 3.04. The number of thiazole rings is 1. The van der Waals surface area contributed by atoms with Gasteiger partial charge in [0.25, 0.3) is 0 Å². The van der Waals surface area contributed by atoms with Crippen LogP contribution in [0.25, 0.3) is 31.7 Å². The summed E-state index contributed by atoms with van der Waals surface area (Å²) < 4.78 is 6.67. The molecule has 0 bridgehead atoms. The van der Waals surface area contributed by atoms with Gasteiger partial charge in [0.1, 0.15) is 17.1 Å². The molecule has 0 amide bonds. The molecule has 128 valence electrons. The Morgan fingerprint density at radius 1 is 1.28 bits per heavy atom. The quantitative estimate of drug-likeness (QED) is 0.574. The zero-order valence-electron chi connectivity index (χ0n) is 14.0. The number of rotatable bonds is 5. The van der Waals surface area contributed by atoms with E-state index in [0.717, 1.165) is 38.2 Å². The lowest BCUT2D eigenvalue weighted by Gasteiger charge is -2.09. The van der Waals surface area contributed by atoms with Crippen LogP contribution in [0.3, 0.4) is 0 Å². The summed E-state index contributed by atoms with van der Waals surface area (Å²) in [5.74, 6) is 0.725. The fourth-order valence-electron chi connectivity index (χ4n) is 2.68. The van der Waals surface area contributed by atoms with Gasteiger partial charge in [0, 0.05) is 23.5 Å². The molecule has 0 aliphatic carbocycles. The second kappa shape index (κ2) is 6.34. The smallest absolute Gasteiger partial charge is 0.214 e. The molecule has 0 radical (unpaired) electrons. The van der Waals surface area contributed by atoms with Gasteiger partial charge in [0.2, 0.25) is 5.88 Å². The first kappa shape index (κ1) is 15.9. The van der Waals surface area contributed by atoms with Crippen LogP contribution in [-0.2, 0) is 0 Å². The number of H-pyrrole nitrogens is 1. The van der Waals surface area contributed by atoms with Gasteiger partial charge in [-0.2, -0.15) is 0 Å². The molecule has 0 fully saturated rings. The largest absolute Gasteiger partial charge is 0.494 e. The molecule has 3 heterocycles. The molecule has 7 heteroatoms. The molecule has 25 heavy (non-hydrogen) atoms. The van der Waals surface area contributed by atoms with Crippen LogP contribution in [0.15, 0.2) is 36.5 Å². The minimum atomic E-state index is 0.135. The number of pyridine rings is 1. The van der Waals surface area contributed by atoms with E-state index in [1.165, 1.54) is 11.3 Å². The molecule has 2 N–H and O–H groups in total. The number of para-hydroxylation sites is 1. The van der Waals surface area contributed by atoms with Gasteiger partial charge in [-0.3, -0.25) is 0 Å². The highest BCUT2D eigenvalue weighted by molar-refractivity contribution is 7.21. The number of nitrogens with zero attached hydrogens (tertiary/aromatic N) is 3. The third-order valence-electron chi connectivity index (χ3n) is 3.94. The van der Waals surface area contributed by atoms with Crippen LogP contribution in [0.5, 0.6) is 11.8 Å². The maximum absolute atomic E-state index is 10.3. The van der Waals surface area contributed by atoms with Crippen molar-refractivity contribution in [1.82, 2.24) is 19.9 Å². The Morgan fingerprint density at radius 3 is 2.96 bits per heavy atom. The van der Waals surface area contributed by atoms with Crippen LogP contribution in [0.2, 0.25) is 0 Å². The maximum Gasteiger partial charge on any atom is 0.214 e. The lowest BCUT2D eigenvalue weighted by molar-refractivity contribution is 0.254. The average Bonchev–Trinajstić information content (AvgIpc) is 3.13. The van der Waals surface area contributed by atoms with E-state index in [2.05, 4.69) is 19.9 Å². The summed E-state index contributed by atoms with van der Waals surface area (Å²) in [5, 5.41) is 12.0. The molecule has 4 rings (SSSR count). The van der Waals surface area contributed by atoms with Crippen molar-refractivity contribution in [3.05, 3.63) is 36.5 Å². The Kier molecular flexibility index (Phi) is 4.03. The molecule has 0 spiro atoms. The van der Waals surface area contributed by atoms with Gasteiger partial charge >= 0.3 is 0 Å². The van der Waals surface area contributed by atoms with E-state index >= 15 is 0 Å². The average molecular weight is 354 g/mol. The number of aromatic nitrogens is 3. The molecule has 4 aromatic rings. The van der Waals surface area contributed by atoms with Crippen molar-refractivity contribution in [2.45, 2.75) is 0 Å². The Hall–Kier alpha value is -2.64. The molecule has 6 nitrogen and oxygen atoms in total. The number of aromatic amines is 1. The first-order valence-corrected chi connectivity index (χ1v) is 8.77. The fourth-order valence-corrected chi connectivity index (χ4v) is 3.70. The molecule has 0 aliphatic rings. The van der Waals surface area contributed by atoms with Gasteiger partial charge in [-0.15, -0.1) is 11.3 Å². The predicted molar refractivity (Wildman–Crippen MR) is 100 cm³/mol. The van der Waals surface area contributed by atoms with Crippen molar-refractivity contribution in [3.63, 3.8) is 0 Å². The fraction of sp³-hybridized carbons (Fsp3) is 0.222. The Morgan fingerprint density at radius 2 is 2.12 bits per heavy atom. The predicted octanol–water partition coefficient (Wildman–Crippen LogP) is 3.49. The highest BCUT2D eigenvalue weighted by Gasteiger charge is 2.17. The van der Waals surface area contributed by atoms with Crippen molar-refractivity contribution in [1.29, 1.82) is 0 Å². The minimum absolute atomic E-state index is 0.135. The zero-order chi connectivity index (χ0) is 17.4. The summed E-state index contributed by atoms with van der Waals surface area (Å²) >= 11 is 1.52. The summed E-state index contributed by atoms with van der Waals surface area (Å²) in [5.41, 5.74) is 2.41. The van der Waals surface area contributed by atoms with Gasteiger partial charge in [-0.25, -0.2) is 9.97 Å². The molecular formula is C18H18N4O2S. The normalized spacial score (nSPS) is 11.6. The number of likely N-dealkylation sites (N-methyl/N-ethyl adjacent to an activating group) is 1. The van der Waals surface area contributed by atoms with Gasteiger partial charge in [0.05, 0.1) is 16.5 Å². The molecular weight excluding hydrogens is 336 g/mol. The summed E-state index contributed by atoms with van der Waals surface area (Å²) in [6.07, 6.45) is 1.71. The summed E-state index contributed by atoms with van der Waals surface area (Å²) in [6, 6.07) is 9.69. The maximum atomic E-state index is 10.3. The number of aromatic hydroxyl groups is 1. The standard InChI is InChI=1S/C18H18N4O2S/c1-22(2)7-8-24-15-9-14-13(10-19-15)21-18(25-14)16-11-5-3-4-6-12(11)20-17(16)23/h3-6,9-10,20,23H,7-8H2,1-2H3. The number of hydrogen-bond acceptors (Lipinski definition) is 6. The van der Waals surface area contributed by atoms with Crippen LogP contribution in [0, 0.1) is 0 Å². The van der Waals surface area contributed by atoms with Crippen molar-refractivity contribution >= 4 is 32.5 Å². The second-order valence-corrected chi connectivity index (χ2v) is 7.09. The number of fused-ring (bicyclic) bond motifs is 2. The summed E-state index contributed by atoms with van der Waals surface area (Å²) in [4.78, 5) is 14.0. The Labute approximate surface area is 148 Å². The second-order valence-electron chi connectivity index (χ2n) is 6.06. The van der Waals surface area contributed by atoms with Crippen LogP contribution >= 0.6 is 11.3 Å². The highest BCUT2D eigenvalue weighted by atomic mass is 32.1. The van der Waals surface area contributed by atoms with E-state index in [1.54, 1.807) is 6.20 Å². The first-order valence-electron chi connectivity index (χ1n) is 7.96. The molecule has 0 unspecified atom stereocenters. The Bertz CT molecular complexity index is 1040.